The number of esters is 1. The Labute approximate surface area is 262 Å². The molecule has 1 aromatic heterocycles. The van der Waals surface area contributed by atoms with Crippen LogP contribution in [-0.2, 0) is 35.3 Å². The highest BCUT2D eigenvalue weighted by molar-refractivity contribution is 7.90. The first-order chi connectivity index (χ1) is 21.4. The summed E-state index contributed by atoms with van der Waals surface area (Å²) in [5.41, 5.74) is 0.488. The van der Waals surface area contributed by atoms with Crippen LogP contribution in [-0.4, -0.2) is 66.2 Å². The molecule has 3 rings (SSSR count). The summed E-state index contributed by atoms with van der Waals surface area (Å²) in [6.07, 6.45) is -7.21. The molecule has 1 amide bonds. The third-order valence-corrected chi connectivity index (χ3v) is 7.79. The topological polar surface area (TPSA) is 167 Å². The van der Waals surface area contributed by atoms with E-state index in [2.05, 4.69) is 10.4 Å². The second-order valence-corrected chi connectivity index (χ2v) is 12.1. The summed E-state index contributed by atoms with van der Waals surface area (Å²) in [5.74, 6) is -0.951. The van der Waals surface area contributed by atoms with Gasteiger partial charge in [0, 0.05) is 19.4 Å². The summed E-state index contributed by atoms with van der Waals surface area (Å²) in [6.45, 7) is 7.29. The summed E-state index contributed by atoms with van der Waals surface area (Å²) in [5, 5.41) is 20.3. The quantitative estimate of drug-likeness (QED) is 0.0915. The van der Waals surface area contributed by atoms with E-state index in [1.807, 2.05) is 6.92 Å². The highest BCUT2D eigenvalue weighted by atomic mass is 32.2. The van der Waals surface area contributed by atoms with Crippen LogP contribution in [0.15, 0.2) is 64.8 Å². The van der Waals surface area contributed by atoms with Gasteiger partial charge in [0.1, 0.15) is 12.6 Å². The van der Waals surface area contributed by atoms with Crippen molar-refractivity contribution < 1.29 is 50.5 Å². The number of aryl methyl sites for hydroxylation is 1. The van der Waals surface area contributed by atoms with Gasteiger partial charge in [0.15, 0.2) is 5.69 Å². The molecule has 0 saturated carbocycles. The van der Waals surface area contributed by atoms with Gasteiger partial charge in [-0.2, -0.15) is 18.3 Å². The highest BCUT2D eigenvalue weighted by Gasteiger charge is 2.35. The Morgan fingerprint density at radius 2 is 1.72 bits per heavy atom. The number of halogens is 3. The van der Waals surface area contributed by atoms with Crippen molar-refractivity contribution in [1.29, 1.82) is 0 Å². The fraction of sp³-hybridized carbons (Fsp3) is 0.393. The zero-order valence-corrected chi connectivity index (χ0v) is 26.5. The molecular formula is C28H33F3N6O8S. The number of likely N-dealkylation sites (N-methyl/N-ethyl adjacent to an activating group) is 1. The molecule has 1 unspecified atom stereocenters. The van der Waals surface area contributed by atoms with Gasteiger partial charge >= 0.3 is 18.2 Å². The Bertz CT molecular complexity index is 1660. The minimum Gasteiger partial charge on any atom is -0.569 e. The van der Waals surface area contributed by atoms with Crippen LogP contribution in [0.25, 0.3) is 16.9 Å². The molecule has 1 heterocycles. The molecule has 0 aliphatic rings. The molecule has 0 spiro atoms. The summed E-state index contributed by atoms with van der Waals surface area (Å²) >= 11 is 0. The molecule has 0 fully saturated rings. The van der Waals surface area contributed by atoms with Crippen LogP contribution in [0.4, 0.5) is 18.0 Å². The summed E-state index contributed by atoms with van der Waals surface area (Å²) in [4.78, 5) is 27.9. The number of benzene rings is 2. The average molecular weight is 671 g/mol. The SMILES string of the molecule is CC(=O)OC(C)ON=[N+]([O-])N(C)[C@H](COC(=O)NS(=O)(=O)c1ccc(-n2nc(C(F)(F)F)cc2-c2ccc(C)cc2)cc1)C(C)C. The second-order valence-electron chi connectivity index (χ2n) is 10.4. The molecule has 0 bridgehead atoms. The number of amides is 1. The molecule has 0 aliphatic heterocycles. The van der Waals surface area contributed by atoms with Gasteiger partial charge < -0.3 is 14.7 Å². The van der Waals surface area contributed by atoms with E-state index >= 15 is 0 Å². The molecule has 18 heteroatoms. The second kappa shape index (κ2) is 14.5. The van der Waals surface area contributed by atoms with Gasteiger partial charge in [-0.05, 0) is 43.2 Å². The average Bonchev–Trinajstić information content (AvgIpc) is 3.42. The molecule has 0 aliphatic carbocycles. The van der Waals surface area contributed by atoms with Crippen LogP contribution in [0.3, 0.4) is 0 Å². The van der Waals surface area contributed by atoms with E-state index < -0.39 is 52.9 Å². The highest BCUT2D eigenvalue weighted by Crippen LogP contribution is 2.33. The lowest BCUT2D eigenvalue weighted by Gasteiger charge is -2.26. The Balaban J connectivity index is 1.72. The molecule has 46 heavy (non-hydrogen) atoms. The van der Waals surface area contributed by atoms with E-state index in [9.17, 15) is 36.4 Å². The van der Waals surface area contributed by atoms with Crippen LogP contribution < -0.4 is 4.72 Å². The molecule has 0 saturated heterocycles. The largest absolute Gasteiger partial charge is 0.569 e. The number of sulfonamides is 1. The smallest absolute Gasteiger partial charge is 0.435 e. The first kappa shape index (κ1) is 35.6. The van der Waals surface area contributed by atoms with E-state index in [0.29, 0.717) is 5.56 Å². The third kappa shape index (κ3) is 9.32. The van der Waals surface area contributed by atoms with Crippen molar-refractivity contribution in [1.82, 2.24) is 19.5 Å². The van der Waals surface area contributed by atoms with Crippen molar-refractivity contribution in [3.8, 4) is 16.9 Å². The minimum atomic E-state index is -4.72. The number of nitrogens with one attached hydrogen (secondary N) is 1. The number of ether oxygens (including phenoxy) is 2. The predicted octanol–water partition coefficient (Wildman–Crippen LogP) is 4.96. The van der Waals surface area contributed by atoms with E-state index in [0.717, 1.165) is 40.4 Å². The van der Waals surface area contributed by atoms with Gasteiger partial charge in [0.05, 0.1) is 28.3 Å². The summed E-state index contributed by atoms with van der Waals surface area (Å²) in [6, 6.07) is 11.5. The van der Waals surface area contributed by atoms with Crippen LogP contribution in [0.1, 0.15) is 39.0 Å². The fourth-order valence-electron chi connectivity index (χ4n) is 4.05. The Morgan fingerprint density at radius 1 is 1.11 bits per heavy atom. The molecule has 250 valence electrons. The van der Waals surface area contributed by atoms with Crippen molar-refractivity contribution >= 4 is 22.1 Å². The molecule has 0 radical (unpaired) electrons. The van der Waals surface area contributed by atoms with Crippen molar-refractivity contribution in [2.24, 2.45) is 11.2 Å². The normalized spacial score (nSPS) is 13.6. The van der Waals surface area contributed by atoms with Gasteiger partial charge in [-0.15, -0.1) is 5.01 Å². The number of alkyl halides is 3. The van der Waals surface area contributed by atoms with Gasteiger partial charge in [-0.1, -0.05) is 43.7 Å². The molecule has 2 atom stereocenters. The van der Waals surface area contributed by atoms with Crippen molar-refractivity contribution in [2.45, 2.75) is 58.0 Å². The maximum atomic E-state index is 13.5. The van der Waals surface area contributed by atoms with Gasteiger partial charge in [-0.25, -0.2) is 22.6 Å². The number of rotatable bonds is 12. The molecule has 14 nitrogen and oxygen atoms in total. The maximum absolute atomic E-state index is 13.5. The van der Waals surface area contributed by atoms with Crippen LogP contribution >= 0.6 is 0 Å². The first-order valence-electron chi connectivity index (χ1n) is 13.7. The van der Waals surface area contributed by atoms with Crippen molar-refractivity contribution in [3.63, 3.8) is 0 Å². The molecule has 1 N–H and O–H groups in total. The van der Waals surface area contributed by atoms with Gasteiger partial charge in [0.25, 0.3) is 16.3 Å². The first-order valence-corrected chi connectivity index (χ1v) is 15.2. The van der Waals surface area contributed by atoms with Gasteiger partial charge in [0.2, 0.25) is 5.28 Å². The lowest BCUT2D eigenvalue weighted by molar-refractivity contribution is -0.716. The Hall–Kier alpha value is -4.87. The standard InChI is InChI=1S/C28H33F3N6O8S/c1-17(2)25(35(6)37(40)34-45-20(5)44-19(4)38)16-43-27(39)33-46(41,42)23-13-11-22(12-14-23)36-24(15-26(32-36)28(29,30)31)21-9-7-18(3)8-10-21/h7-15,17,20,25H,16H2,1-6H3,(H,33,39)/t20?,25-/m1/s1. The maximum Gasteiger partial charge on any atom is 0.435 e. The van der Waals surface area contributed by atoms with Crippen molar-refractivity contribution in [2.75, 3.05) is 13.7 Å². The summed E-state index contributed by atoms with van der Waals surface area (Å²) < 4.78 is 78.8. The zero-order valence-electron chi connectivity index (χ0n) is 25.7. The van der Waals surface area contributed by atoms with Crippen LogP contribution in [0, 0.1) is 18.0 Å². The molecule has 3 aromatic rings. The number of aromatic nitrogens is 2. The number of nitrogens with zero attached hydrogens (tertiary/aromatic N) is 5. The van der Waals surface area contributed by atoms with Crippen molar-refractivity contribution in [3.05, 3.63) is 71.1 Å². The van der Waals surface area contributed by atoms with E-state index in [-0.39, 0.29) is 27.2 Å². The van der Waals surface area contributed by atoms with Crippen LogP contribution in [0.2, 0.25) is 0 Å². The number of carbonyl (C=O) groups excluding carboxylic acids is 2. The number of hydrogen-bond donors (Lipinski definition) is 1. The molecular weight excluding hydrogens is 637 g/mol. The summed E-state index contributed by atoms with van der Waals surface area (Å²) in [7, 11) is -3.15. The third-order valence-electron chi connectivity index (χ3n) is 6.46. The number of carbonyl (C=O) groups is 2. The fourth-order valence-corrected chi connectivity index (χ4v) is 4.94. The lowest BCUT2D eigenvalue weighted by atomic mass is 10.1. The van der Waals surface area contributed by atoms with E-state index in [1.54, 1.807) is 42.8 Å². The molecule has 2 aromatic carbocycles. The van der Waals surface area contributed by atoms with Crippen LogP contribution in [0.5, 0.6) is 0 Å². The Kier molecular flexibility index (Phi) is 11.2. The van der Waals surface area contributed by atoms with Gasteiger partial charge in [-0.3, -0.25) is 9.63 Å². The lowest BCUT2D eigenvalue weighted by Crippen LogP contribution is -2.45. The van der Waals surface area contributed by atoms with E-state index in [1.165, 1.54) is 26.1 Å². The minimum absolute atomic E-state index is 0.0474. The number of hydrazine groups is 1. The Morgan fingerprint density at radius 3 is 2.26 bits per heavy atom. The zero-order chi connectivity index (χ0) is 34.4. The number of hydrogen-bond acceptors (Lipinski definition) is 10. The monoisotopic (exact) mass is 670 g/mol. The van der Waals surface area contributed by atoms with E-state index in [4.69, 9.17) is 14.3 Å². The predicted molar refractivity (Wildman–Crippen MR) is 155 cm³/mol.